The van der Waals surface area contributed by atoms with E-state index in [1.165, 1.54) is 6.07 Å². The third-order valence-corrected chi connectivity index (χ3v) is 4.59. The van der Waals surface area contributed by atoms with E-state index in [4.69, 9.17) is 0 Å². The Morgan fingerprint density at radius 3 is 2.85 bits per heavy atom. The van der Waals surface area contributed by atoms with Crippen LogP contribution in [0.2, 0.25) is 0 Å². The van der Waals surface area contributed by atoms with Crippen LogP contribution in [0.1, 0.15) is 35.7 Å². The van der Waals surface area contributed by atoms with Crippen molar-refractivity contribution in [3.8, 4) is 0 Å². The minimum Gasteiger partial charge on any atom is -0.358 e. The van der Waals surface area contributed by atoms with Crippen molar-refractivity contribution in [1.82, 2.24) is 9.88 Å². The lowest BCUT2D eigenvalue weighted by atomic mass is 9.95. The van der Waals surface area contributed by atoms with Crippen molar-refractivity contribution in [2.45, 2.75) is 31.5 Å². The summed E-state index contributed by atoms with van der Waals surface area (Å²) in [5, 5.41) is 0.756. The van der Waals surface area contributed by atoms with Crippen molar-refractivity contribution in [1.29, 1.82) is 0 Å². The molecule has 2 aliphatic heterocycles. The van der Waals surface area contributed by atoms with Gasteiger partial charge >= 0.3 is 6.18 Å². The fourth-order valence-corrected chi connectivity index (χ4v) is 3.70. The second kappa shape index (κ2) is 4.01. The predicted molar refractivity (Wildman–Crippen MR) is 70.6 cm³/mol. The lowest BCUT2D eigenvalue weighted by molar-refractivity contribution is -0.137. The van der Waals surface area contributed by atoms with Crippen LogP contribution in [0.5, 0.6) is 0 Å². The van der Waals surface area contributed by atoms with Crippen LogP contribution in [0.4, 0.5) is 13.2 Å². The summed E-state index contributed by atoms with van der Waals surface area (Å²) in [4.78, 5) is 5.71. The van der Waals surface area contributed by atoms with E-state index in [1.54, 1.807) is 6.07 Å². The van der Waals surface area contributed by atoms with E-state index in [0.717, 1.165) is 60.6 Å². The minimum atomic E-state index is -4.28. The smallest absolute Gasteiger partial charge is 0.358 e. The second-order valence-corrected chi connectivity index (χ2v) is 5.72. The van der Waals surface area contributed by atoms with E-state index in [0.29, 0.717) is 6.04 Å². The van der Waals surface area contributed by atoms with Gasteiger partial charge in [-0.15, -0.1) is 0 Å². The molecule has 4 rings (SSSR count). The molecule has 2 nitrogen and oxygen atoms in total. The average Bonchev–Trinajstić information content (AvgIpc) is 2.99. The largest absolute Gasteiger partial charge is 0.416 e. The molecule has 1 fully saturated rings. The number of H-pyrrole nitrogens is 1. The topological polar surface area (TPSA) is 19.0 Å². The van der Waals surface area contributed by atoms with E-state index >= 15 is 0 Å². The summed E-state index contributed by atoms with van der Waals surface area (Å²) in [5.74, 6) is 0. The zero-order chi connectivity index (χ0) is 13.9. The third kappa shape index (κ3) is 1.69. The standard InChI is InChI=1S/C15H15F3N2/c16-15(17,18)9-3-4-11-10(8-9)14-12(19-11)5-7-20-6-1-2-13(14)20/h3-4,8,13,19H,1-2,5-7H2. The molecule has 0 spiro atoms. The first-order valence-electron chi connectivity index (χ1n) is 7.00. The molecule has 1 unspecified atom stereocenters. The summed E-state index contributed by atoms with van der Waals surface area (Å²) >= 11 is 0. The van der Waals surface area contributed by atoms with Gasteiger partial charge in [0.15, 0.2) is 0 Å². The Balaban J connectivity index is 1.92. The molecule has 5 heteroatoms. The number of hydrogen-bond donors (Lipinski definition) is 1. The predicted octanol–water partition coefficient (Wildman–Crippen LogP) is 3.88. The highest BCUT2D eigenvalue weighted by molar-refractivity contribution is 5.86. The maximum Gasteiger partial charge on any atom is 0.416 e. The summed E-state index contributed by atoms with van der Waals surface area (Å²) in [5.41, 5.74) is 2.51. The molecule has 1 atom stereocenters. The minimum absolute atomic E-state index is 0.302. The number of alkyl halides is 3. The van der Waals surface area contributed by atoms with Crippen LogP contribution in [-0.4, -0.2) is 23.0 Å². The number of aromatic nitrogens is 1. The fourth-order valence-electron chi connectivity index (χ4n) is 3.70. The van der Waals surface area contributed by atoms with E-state index in [1.807, 2.05) is 0 Å². The summed E-state index contributed by atoms with van der Waals surface area (Å²) < 4.78 is 38.7. The Morgan fingerprint density at radius 1 is 1.20 bits per heavy atom. The summed E-state index contributed by atoms with van der Waals surface area (Å²) in [6.07, 6.45) is -1.18. The van der Waals surface area contributed by atoms with Crippen LogP contribution in [0, 0.1) is 0 Å². The van der Waals surface area contributed by atoms with Crippen LogP contribution in [0.25, 0.3) is 10.9 Å². The quantitative estimate of drug-likeness (QED) is 0.776. The normalized spacial score (nSPS) is 23.1. The molecule has 0 aliphatic carbocycles. The Kier molecular flexibility index (Phi) is 2.46. The van der Waals surface area contributed by atoms with Gasteiger partial charge in [-0.05, 0) is 43.1 Å². The Morgan fingerprint density at radius 2 is 2.05 bits per heavy atom. The van der Waals surface area contributed by atoms with E-state index < -0.39 is 11.7 Å². The Bertz CT molecular complexity index is 672. The molecule has 0 amide bonds. The van der Waals surface area contributed by atoms with Crippen molar-refractivity contribution in [3.63, 3.8) is 0 Å². The molecule has 0 radical (unpaired) electrons. The molecular weight excluding hydrogens is 265 g/mol. The zero-order valence-electron chi connectivity index (χ0n) is 10.9. The highest BCUT2D eigenvalue weighted by atomic mass is 19.4. The van der Waals surface area contributed by atoms with Gasteiger partial charge in [-0.2, -0.15) is 13.2 Å². The van der Waals surface area contributed by atoms with Gasteiger partial charge in [-0.1, -0.05) is 0 Å². The molecule has 0 saturated carbocycles. The van der Waals surface area contributed by atoms with Gasteiger partial charge in [-0.25, -0.2) is 0 Å². The van der Waals surface area contributed by atoms with Crippen LogP contribution >= 0.6 is 0 Å². The maximum absolute atomic E-state index is 12.9. The molecule has 1 saturated heterocycles. The third-order valence-electron chi connectivity index (χ3n) is 4.59. The van der Waals surface area contributed by atoms with E-state index in [2.05, 4.69) is 9.88 Å². The Hall–Kier alpha value is -1.49. The van der Waals surface area contributed by atoms with E-state index in [-0.39, 0.29) is 0 Å². The van der Waals surface area contributed by atoms with Gasteiger partial charge < -0.3 is 4.98 Å². The lowest BCUT2D eigenvalue weighted by Crippen LogP contribution is -2.30. The van der Waals surface area contributed by atoms with Gasteiger partial charge in [0.05, 0.1) is 5.56 Å². The van der Waals surface area contributed by atoms with Crippen molar-refractivity contribution in [3.05, 3.63) is 35.0 Å². The highest BCUT2D eigenvalue weighted by Gasteiger charge is 2.35. The van der Waals surface area contributed by atoms with Crippen molar-refractivity contribution >= 4 is 10.9 Å². The molecule has 1 aromatic heterocycles. The number of benzene rings is 1. The van der Waals surface area contributed by atoms with E-state index in [9.17, 15) is 13.2 Å². The van der Waals surface area contributed by atoms with Crippen LogP contribution in [-0.2, 0) is 12.6 Å². The first-order chi connectivity index (χ1) is 9.54. The highest BCUT2D eigenvalue weighted by Crippen LogP contribution is 2.42. The van der Waals surface area contributed by atoms with Crippen molar-refractivity contribution in [2.24, 2.45) is 0 Å². The summed E-state index contributed by atoms with van der Waals surface area (Å²) in [7, 11) is 0. The van der Waals surface area contributed by atoms with Crippen LogP contribution < -0.4 is 0 Å². The first kappa shape index (κ1) is 12.3. The van der Waals surface area contributed by atoms with Crippen LogP contribution in [0.3, 0.4) is 0 Å². The summed E-state index contributed by atoms with van der Waals surface area (Å²) in [6.45, 7) is 2.08. The van der Waals surface area contributed by atoms with Crippen LogP contribution in [0.15, 0.2) is 18.2 Å². The molecule has 1 aromatic carbocycles. The number of fused-ring (bicyclic) bond motifs is 5. The zero-order valence-corrected chi connectivity index (χ0v) is 10.9. The molecule has 106 valence electrons. The molecule has 20 heavy (non-hydrogen) atoms. The number of hydrogen-bond acceptors (Lipinski definition) is 1. The Labute approximate surface area is 114 Å². The molecule has 2 aromatic rings. The summed E-state index contributed by atoms with van der Waals surface area (Å²) in [6, 6.07) is 4.34. The van der Waals surface area contributed by atoms with Gasteiger partial charge in [0.2, 0.25) is 0 Å². The number of nitrogens with one attached hydrogen (secondary N) is 1. The molecule has 2 aliphatic rings. The average molecular weight is 280 g/mol. The monoisotopic (exact) mass is 280 g/mol. The van der Waals surface area contributed by atoms with Gasteiger partial charge in [0.25, 0.3) is 0 Å². The number of halogens is 3. The number of aromatic amines is 1. The second-order valence-electron chi connectivity index (χ2n) is 5.72. The SMILES string of the molecule is FC(F)(F)c1ccc2[nH]c3c(c2c1)C1CCCN1CC3. The molecule has 3 heterocycles. The van der Waals surface area contributed by atoms with Gasteiger partial charge in [0, 0.05) is 35.6 Å². The van der Waals surface area contributed by atoms with Gasteiger partial charge in [-0.3, -0.25) is 4.90 Å². The molecule has 0 bridgehead atoms. The number of rotatable bonds is 0. The fraction of sp³-hybridized carbons (Fsp3) is 0.467. The molecular formula is C15H15F3N2. The first-order valence-corrected chi connectivity index (χ1v) is 7.00. The van der Waals surface area contributed by atoms with Gasteiger partial charge in [0.1, 0.15) is 0 Å². The lowest BCUT2D eigenvalue weighted by Gasteiger charge is -2.30. The number of nitrogens with zero attached hydrogens (tertiary/aromatic N) is 1. The molecule has 1 N–H and O–H groups in total. The van der Waals surface area contributed by atoms with Crippen molar-refractivity contribution < 1.29 is 13.2 Å². The van der Waals surface area contributed by atoms with Crippen molar-refractivity contribution in [2.75, 3.05) is 13.1 Å². The maximum atomic E-state index is 12.9.